The van der Waals surface area contributed by atoms with Crippen LogP contribution in [0.5, 0.6) is 5.75 Å². The Hall–Kier alpha value is -1.15. The van der Waals surface area contributed by atoms with Gasteiger partial charge in [0.1, 0.15) is 12.4 Å². The minimum atomic E-state index is -3.48. The monoisotopic (exact) mass is 313 g/mol. The number of nitrogens with two attached hydrogens (primary N) is 1. The number of ether oxygens (including phenoxy) is 1. The summed E-state index contributed by atoms with van der Waals surface area (Å²) < 4.78 is 32.8. The molecule has 21 heavy (non-hydrogen) atoms. The standard InChI is InChI=1S/C14H23N3O3S/c1-17-9-2-3-12(11-17)16-21(18,19)14-6-4-13(5-7-14)20-10-8-15/h4-7,12,16H,2-3,8-11,15H2,1H3. The molecule has 1 fully saturated rings. The van der Waals surface area contributed by atoms with E-state index in [0.717, 1.165) is 25.9 Å². The molecule has 6 nitrogen and oxygen atoms in total. The molecule has 1 unspecified atom stereocenters. The van der Waals surface area contributed by atoms with Gasteiger partial charge in [-0.05, 0) is 50.7 Å². The SMILES string of the molecule is CN1CCCC(NS(=O)(=O)c2ccc(OCCN)cc2)C1. The third kappa shape index (κ3) is 4.67. The van der Waals surface area contributed by atoms with E-state index in [1.165, 1.54) is 0 Å². The van der Waals surface area contributed by atoms with Crippen LogP contribution in [0.2, 0.25) is 0 Å². The molecule has 1 aliphatic rings. The van der Waals surface area contributed by atoms with Crippen molar-refractivity contribution in [3.05, 3.63) is 24.3 Å². The lowest BCUT2D eigenvalue weighted by atomic mass is 10.1. The van der Waals surface area contributed by atoms with E-state index >= 15 is 0 Å². The molecule has 0 aliphatic carbocycles. The summed E-state index contributed by atoms with van der Waals surface area (Å²) in [6.45, 7) is 2.61. The average molecular weight is 313 g/mol. The lowest BCUT2D eigenvalue weighted by Crippen LogP contribution is -2.46. The van der Waals surface area contributed by atoms with Crippen molar-refractivity contribution in [2.24, 2.45) is 5.73 Å². The van der Waals surface area contributed by atoms with E-state index in [1.54, 1.807) is 24.3 Å². The van der Waals surface area contributed by atoms with Crippen LogP contribution in [0.25, 0.3) is 0 Å². The van der Waals surface area contributed by atoms with Crippen LogP contribution >= 0.6 is 0 Å². The molecule has 1 aliphatic heterocycles. The van der Waals surface area contributed by atoms with E-state index < -0.39 is 10.0 Å². The summed E-state index contributed by atoms with van der Waals surface area (Å²) in [4.78, 5) is 2.40. The first kappa shape index (κ1) is 16.2. The molecule has 1 aromatic carbocycles. The van der Waals surface area contributed by atoms with Crippen LogP contribution in [-0.4, -0.2) is 52.6 Å². The van der Waals surface area contributed by atoms with Gasteiger partial charge < -0.3 is 15.4 Å². The van der Waals surface area contributed by atoms with Crippen LogP contribution in [0.1, 0.15) is 12.8 Å². The highest BCUT2D eigenvalue weighted by molar-refractivity contribution is 7.89. The average Bonchev–Trinajstić information content (AvgIpc) is 2.45. The van der Waals surface area contributed by atoms with Gasteiger partial charge in [0.15, 0.2) is 0 Å². The number of likely N-dealkylation sites (tertiary alicyclic amines) is 1. The lowest BCUT2D eigenvalue weighted by molar-refractivity contribution is 0.242. The number of likely N-dealkylation sites (N-methyl/N-ethyl adjacent to an activating group) is 1. The summed E-state index contributed by atoms with van der Waals surface area (Å²) in [5.74, 6) is 0.622. The zero-order chi connectivity index (χ0) is 15.3. The van der Waals surface area contributed by atoms with Crippen LogP contribution < -0.4 is 15.2 Å². The number of piperidine rings is 1. The number of rotatable bonds is 6. The number of hydrogen-bond acceptors (Lipinski definition) is 5. The first-order chi connectivity index (χ1) is 10.0. The first-order valence-electron chi connectivity index (χ1n) is 7.15. The van der Waals surface area contributed by atoms with Crippen molar-refractivity contribution < 1.29 is 13.2 Å². The van der Waals surface area contributed by atoms with Crippen molar-refractivity contribution in [3.8, 4) is 5.75 Å². The van der Waals surface area contributed by atoms with Crippen molar-refractivity contribution in [1.29, 1.82) is 0 Å². The van der Waals surface area contributed by atoms with E-state index in [0.29, 0.717) is 18.9 Å². The van der Waals surface area contributed by atoms with Crippen molar-refractivity contribution in [2.45, 2.75) is 23.8 Å². The highest BCUT2D eigenvalue weighted by Gasteiger charge is 2.23. The fourth-order valence-corrected chi connectivity index (χ4v) is 3.70. The maximum atomic E-state index is 12.3. The fourth-order valence-electron chi connectivity index (χ4n) is 2.44. The summed E-state index contributed by atoms with van der Waals surface area (Å²) in [5, 5.41) is 0. The number of nitrogens with one attached hydrogen (secondary N) is 1. The predicted molar refractivity (Wildman–Crippen MR) is 81.8 cm³/mol. The molecule has 3 N–H and O–H groups in total. The molecule has 2 rings (SSSR count). The fraction of sp³-hybridized carbons (Fsp3) is 0.571. The van der Waals surface area contributed by atoms with Crippen molar-refractivity contribution in [3.63, 3.8) is 0 Å². The number of nitrogens with zero attached hydrogens (tertiary/aromatic N) is 1. The molecule has 118 valence electrons. The second kappa shape index (κ2) is 7.22. The van der Waals surface area contributed by atoms with Gasteiger partial charge in [-0.3, -0.25) is 0 Å². The number of hydrogen-bond donors (Lipinski definition) is 2. The van der Waals surface area contributed by atoms with Gasteiger partial charge in [0, 0.05) is 19.1 Å². The summed E-state index contributed by atoms with van der Waals surface area (Å²) in [7, 11) is -1.47. The smallest absolute Gasteiger partial charge is 0.240 e. The molecule has 0 radical (unpaired) electrons. The Labute approximate surface area is 126 Å². The molecule has 0 amide bonds. The van der Waals surface area contributed by atoms with Gasteiger partial charge in [0.25, 0.3) is 0 Å². The Morgan fingerprint density at radius 3 is 2.71 bits per heavy atom. The molecule has 1 atom stereocenters. The van der Waals surface area contributed by atoms with Crippen molar-refractivity contribution in [2.75, 3.05) is 33.3 Å². The summed E-state index contributed by atoms with van der Waals surface area (Å²) in [5.41, 5.74) is 5.36. The van der Waals surface area contributed by atoms with Crippen LogP contribution in [0.15, 0.2) is 29.2 Å². The molecule has 7 heteroatoms. The molecular formula is C14H23N3O3S. The highest BCUT2D eigenvalue weighted by atomic mass is 32.2. The molecule has 0 bridgehead atoms. The maximum Gasteiger partial charge on any atom is 0.240 e. The molecule has 0 aromatic heterocycles. The molecule has 1 aromatic rings. The molecule has 1 heterocycles. The first-order valence-corrected chi connectivity index (χ1v) is 8.63. The second-order valence-electron chi connectivity index (χ2n) is 5.33. The quantitative estimate of drug-likeness (QED) is 0.794. The zero-order valence-electron chi connectivity index (χ0n) is 12.3. The molecule has 0 spiro atoms. The van der Waals surface area contributed by atoms with E-state index in [1.807, 2.05) is 7.05 Å². The van der Waals surface area contributed by atoms with Gasteiger partial charge in [0.05, 0.1) is 4.90 Å². The molecule has 1 saturated heterocycles. The van der Waals surface area contributed by atoms with Gasteiger partial charge in [-0.15, -0.1) is 0 Å². The summed E-state index contributed by atoms with van der Waals surface area (Å²) >= 11 is 0. The van der Waals surface area contributed by atoms with Gasteiger partial charge >= 0.3 is 0 Å². The van der Waals surface area contributed by atoms with Gasteiger partial charge in [-0.25, -0.2) is 13.1 Å². The molecular weight excluding hydrogens is 290 g/mol. The largest absolute Gasteiger partial charge is 0.492 e. The second-order valence-corrected chi connectivity index (χ2v) is 7.05. The third-order valence-electron chi connectivity index (χ3n) is 3.47. The lowest BCUT2D eigenvalue weighted by Gasteiger charge is -2.29. The normalized spacial score (nSPS) is 20.4. The Morgan fingerprint density at radius 1 is 1.38 bits per heavy atom. The minimum absolute atomic E-state index is 0.0260. The van der Waals surface area contributed by atoms with Crippen molar-refractivity contribution >= 4 is 10.0 Å². The van der Waals surface area contributed by atoms with Gasteiger partial charge in [0.2, 0.25) is 10.0 Å². The van der Waals surface area contributed by atoms with Gasteiger partial charge in [-0.1, -0.05) is 0 Å². The van der Waals surface area contributed by atoms with Gasteiger partial charge in [-0.2, -0.15) is 0 Å². The van der Waals surface area contributed by atoms with E-state index in [2.05, 4.69) is 9.62 Å². The van der Waals surface area contributed by atoms with Crippen LogP contribution in [0.4, 0.5) is 0 Å². The Balaban J connectivity index is 2.01. The van der Waals surface area contributed by atoms with E-state index in [4.69, 9.17) is 10.5 Å². The highest BCUT2D eigenvalue weighted by Crippen LogP contribution is 2.17. The Morgan fingerprint density at radius 2 is 2.10 bits per heavy atom. The van der Waals surface area contributed by atoms with Crippen LogP contribution in [0, 0.1) is 0 Å². The van der Waals surface area contributed by atoms with Crippen molar-refractivity contribution in [1.82, 2.24) is 9.62 Å². The van der Waals surface area contributed by atoms with E-state index in [9.17, 15) is 8.42 Å². The van der Waals surface area contributed by atoms with E-state index in [-0.39, 0.29) is 10.9 Å². The third-order valence-corrected chi connectivity index (χ3v) is 5.00. The number of sulfonamides is 1. The predicted octanol–water partition coefficient (Wildman–Crippen LogP) is 0.397. The minimum Gasteiger partial charge on any atom is -0.492 e. The Kier molecular flexibility index (Phi) is 5.58. The van der Waals surface area contributed by atoms with Crippen LogP contribution in [0.3, 0.4) is 0 Å². The topological polar surface area (TPSA) is 84.7 Å². The summed E-state index contributed by atoms with van der Waals surface area (Å²) in [6, 6.07) is 6.39. The maximum absolute atomic E-state index is 12.3. The summed E-state index contributed by atoms with van der Waals surface area (Å²) in [6.07, 6.45) is 1.89. The number of benzene rings is 1. The zero-order valence-corrected chi connectivity index (χ0v) is 13.1. The Bertz CT molecular complexity index is 545. The molecule has 0 saturated carbocycles. The van der Waals surface area contributed by atoms with Crippen LogP contribution in [-0.2, 0) is 10.0 Å².